The normalized spacial score (nSPS) is 31.6. The molecule has 0 spiro atoms. The number of halogens is 1. The highest BCUT2D eigenvalue weighted by Crippen LogP contribution is 2.42. The largest absolute Gasteiger partial charge is 0.393 e. The summed E-state index contributed by atoms with van der Waals surface area (Å²) in [5.41, 5.74) is 1.19. The van der Waals surface area contributed by atoms with E-state index >= 15 is 0 Å². The van der Waals surface area contributed by atoms with E-state index in [9.17, 15) is 14.6 Å². The van der Waals surface area contributed by atoms with Gasteiger partial charge in [0.1, 0.15) is 5.82 Å². The van der Waals surface area contributed by atoms with Gasteiger partial charge in [0.05, 0.1) is 12.2 Å². The summed E-state index contributed by atoms with van der Waals surface area (Å²) in [5, 5.41) is 19.7. The van der Waals surface area contributed by atoms with Crippen LogP contribution in [0.5, 0.6) is 0 Å². The number of fused-ring (bicyclic) bond motifs is 2. The van der Waals surface area contributed by atoms with Crippen LogP contribution in [0.2, 0.25) is 0 Å². The maximum atomic E-state index is 14.0. The van der Waals surface area contributed by atoms with Gasteiger partial charge < -0.3 is 15.1 Å². The Morgan fingerprint density at radius 2 is 1.89 bits per heavy atom. The molecule has 0 amide bonds. The van der Waals surface area contributed by atoms with Gasteiger partial charge in [-0.25, -0.2) is 4.39 Å². The first kappa shape index (κ1) is 12.9. The fourth-order valence-electron chi connectivity index (χ4n) is 3.71. The van der Waals surface area contributed by atoms with E-state index in [1.165, 1.54) is 6.07 Å². The molecule has 2 heterocycles. The number of hydrogen-bond acceptors (Lipinski definition) is 3. The molecule has 3 rings (SSSR count). The van der Waals surface area contributed by atoms with Crippen molar-refractivity contribution in [3.05, 3.63) is 29.6 Å². The standard InChI is InChI=1S/C15H20FNO2/c1-9(18)15-13(16)3-2-4-14(15)17-10-5-6-11(17)8-12(19)7-10/h2-4,9-12,18-19H,5-8H2,1H3. The molecule has 1 aromatic rings. The molecule has 3 nitrogen and oxygen atoms in total. The Kier molecular flexibility index (Phi) is 3.23. The van der Waals surface area contributed by atoms with Gasteiger partial charge >= 0.3 is 0 Å². The second-order valence-corrected chi connectivity index (χ2v) is 5.77. The zero-order chi connectivity index (χ0) is 13.6. The van der Waals surface area contributed by atoms with Gasteiger partial charge in [-0.2, -0.15) is 0 Å². The van der Waals surface area contributed by atoms with Crippen molar-refractivity contribution in [3.8, 4) is 0 Å². The highest BCUT2D eigenvalue weighted by Gasteiger charge is 2.41. The monoisotopic (exact) mass is 265 g/mol. The van der Waals surface area contributed by atoms with Crippen LogP contribution in [0.15, 0.2) is 18.2 Å². The van der Waals surface area contributed by atoms with Crippen molar-refractivity contribution in [2.75, 3.05) is 4.90 Å². The van der Waals surface area contributed by atoms with Gasteiger partial charge in [-0.05, 0) is 44.7 Å². The van der Waals surface area contributed by atoms with Crippen LogP contribution >= 0.6 is 0 Å². The highest BCUT2D eigenvalue weighted by molar-refractivity contribution is 5.58. The molecule has 104 valence electrons. The first-order valence-corrected chi connectivity index (χ1v) is 7.00. The van der Waals surface area contributed by atoms with Gasteiger partial charge in [0.25, 0.3) is 0 Å². The number of anilines is 1. The van der Waals surface area contributed by atoms with Crippen LogP contribution in [0.1, 0.15) is 44.3 Å². The molecule has 0 aliphatic carbocycles. The third-order valence-electron chi connectivity index (χ3n) is 4.43. The number of aliphatic hydroxyl groups excluding tert-OH is 2. The summed E-state index contributed by atoms with van der Waals surface area (Å²) in [6.07, 6.45) is 2.51. The average molecular weight is 265 g/mol. The molecular weight excluding hydrogens is 245 g/mol. The lowest BCUT2D eigenvalue weighted by Gasteiger charge is -2.40. The SMILES string of the molecule is CC(O)c1c(F)cccc1N1C2CCC1CC(O)C2. The summed E-state index contributed by atoms with van der Waals surface area (Å²) in [6.45, 7) is 1.60. The Morgan fingerprint density at radius 1 is 1.26 bits per heavy atom. The van der Waals surface area contributed by atoms with Crippen molar-refractivity contribution in [2.24, 2.45) is 0 Å². The molecule has 0 saturated carbocycles. The zero-order valence-electron chi connectivity index (χ0n) is 11.1. The second-order valence-electron chi connectivity index (χ2n) is 5.77. The molecule has 0 radical (unpaired) electrons. The van der Waals surface area contributed by atoms with Gasteiger partial charge in [-0.15, -0.1) is 0 Å². The fourth-order valence-corrected chi connectivity index (χ4v) is 3.71. The summed E-state index contributed by atoms with van der Waals surface area (Å²) < 4.78 is 14.0. The predicted octanol–water partition coefficient (Wildman–Crippen LogP) is 2.37. The Morgan fingerprint density at radius 3 is 2.47 bits per heavy atom. The van der Waals surface area contributed by atoms with Crippen molar-refractivity contribution in [1.29, 1.82) is 0 Å². The molecular formula is C15H20FNO2. The molecule has 2 saturated heterocycles. The van der Waals surface area contributed by atoms with Crippen molar-refractivity contribution < 1.29 is 14.6 Å². The summed E-state index contributed by atoms with van der Waals surface area (Å²) in [5.74, 6) is -0.349. The number of benzene rings is 1. The Balaban J connectivity index is 2.01. The lowest BCUT2D eigenvalue weighted by Crippen LogP contribution is -2.45. The number of hydrogen-bond donors (Lipinski definition) is 2. The Bertz CT molecular complexity index is 463. The van der Waals surface area contributed by atoms with E-state index in [0.29, 0.717) is 5.56 Å². The van der Waals surface area contributed by atoms with Gasteiger partial charge in [-0.1, -0.05) is 6.07 Å². The van der Waals surface area contributed by atoms with Gasteiger partial charge in [-0.3, -0.25) is 0 Å². The maximum Gasteiger partial charge on any atom is 0.131 e. The molecule has 3 unspecified atom stereocenters. The third-order valence-corrected chi connectivity index (χ3v) is 4.43. The lowest BCUT2D eigenvalue weighted by molar-refractivity contribution is 0.126. The van der Waals surface area contributed by atoms with E-state index in [4.69, 9.17) is 0 Å². The van der Waals surface area contributed by atoms with Crippen LogP contribution < -0.4 is 4.90 Å². The van der Waals surface area contributed by atoms with E-state index < -0.39 is 6.10 Å². The zero-order valence-corrected chi connectivity index (χ0v) is 11.1. The van der Waals surface area contributed by atoms with Crippen LogP contribution in [-0.2, 0) is 0 Å². The first-order chi connectivity index (χ1) is 9.08. The van der Waals surface area contributed by atoms with Crippen molar-refractivity contribution in [1.82, 2.24) is 0 Å². The van der Waals surface area contributed by atoms with Gasteiger partial charge in [0, 0.05) is 23.3 Å². The molecule has 2 aliphatic rings. The highest BCUT2D eigenvalue weighted by atomic mass is 19.1. The van der Waals surface area contributed by atoms with Crippen LogP contribution in [0.3, 0.4) is 0 Å². The number of aliphatic hydroxyl groups is 2. The molecule has 2 bridgehead atoms. The molecule has 0 aromatic heterocycles. The van der Waals surface area contributed by atoms with Crippen molar-refractivity contribution in [3.63, 3.8) is 0 Å². The van der Waals surface area contributed by atoms with E-state index in [-0.39, 0.29) is 24.0 Å². The summed E-state index contributed by atoms with van der Waals surface area (Å²) in [6, 6.07) is 5.52. The Hall–Kier alpha value is -1.13. The van der Waals surface area contributed by atoms with Crippen LogP contribution in [0.25, 0.3) is 0 Å². The van der Waals surface area contributed by atoms with E-state index in [1.807, 2.05) is 6.07 Å². The summed E-state index contributed by atoms with van der Waals surface area (Å²) in [7, 11) is 0. The van der Waals surface area contributed by atoms with Crippen molar-refractivity contribution in [2.45, 2.75) is 56.9 Å². The van der Waals surface area contributed by atoms with Gasteiger partial charge in [0.2, 0.25) is 0 Å². The second kappa shape index (κ2) is 4.76. The van der Waals surface area contributed by atoms with E-state index in [1.54, 1.807) is 13.0 Å². The summed E-state index contributed by atoms with van der Waals surface area (Å²) in [4.78, 5) is 2.22. The first-order valence-electron chi connectivity index (χ1n) is 7.00. The minimum Gasteiger partial charge on any atom is -0.393 e. The van der Waals surface area contributed by atoms with Crippen LogP contribution in [0, 0.1) is 5.82 Å². The van der Waals surface area contributed by atoms with Crippen LogP contribution in [-0.4, -0.2) is 28.4 Å². The number of piperidine rings is 1. The smallest absolute Gasteiger partial charge is 0.131 e. The minimum absolute atomic E-state index is 0.239. The molecule has 2 aliphatic heterocycles. The topological polar surface area (TPSA) is 43.7 Å². The van der Waals surface area contributed by atoms with Crippen LogP contribution in [0.4, 0.5) is 10.1 Å². The summed E-state index contributed by atoms with van der Waals surface area (Å²) >= 11 is 0. The fraction of sp³-hybridized carbons (Fsp3) is 0.600. The molecule has 4 heteroatoms. The molecule has 2 fully saturated rings. The third kappa shape index (κ3) is 2.13. The number of nitrogens with zero attached hydrogens (tertiary/aromatic N) is 1. The Labute approximate surface area is 112 Å². The molecule has 19 heavy (non-hydrogen) atoms. The quantitative estimate of drug-likeness (QED) is 0.863. The van der Waals surface area contributed by atoms with E-state index in [0.717, 1.165) is 31.4 Å². The maximum absolute atomic E-state index is 14.0. The number of rotatable bonds is 2. The molecule has 2 N–H and O–H groups in total. The predicted molar refractivity (Wildman–Crippen MR) is 71.6 cm³/mol. The molecule has 1 aromatic carbocycles. The molecule has 3 atom stereocenters. The minimum atomic E-state index is -0.817. The average Bonchev–Trinajstić information content (AvgIpc) is 2.60. The van der Waals surface area contributed by atoms with Crippen molar-refractivity contribution >= 4 is 5.69 Å². The van der Waals surface area contributed by atoms with Gasteiger partial charge in [0.15, 0.2) is 0 Å². The van der Waals surface area contributed by atoms with E-state index in [2.05, 4.69) is 4.90 Å². The lowest BCUT2D eigenvalue weighted by atomic mass is 9.96.